The van der Waals surface area contributed by atoms with Gasteiger partial charge in [-0.15, -0.1) is 5.10 Å². The van der Waals surface area contributed by atoms with Gasteiger partial charge in [-0.1, -0.05) is 28.0 Å². The monoisotopic (exact) mass is 241 g/mol. The van der Waals surface area contributed by atoms with E-state index in [2.05, 4.69) is 10.2 Å². The number of halogens is 1. The molecule has 1 heterocycles. The molecule has 0 saturated carbocycles. The normalized spacial score (nSPS) is 10.3. The van der Waals surface area contributed by atoms with Crippen molar-refractivity contribution in [1.82, 2.24) is 10.2 Å². The zero-order valence-electron chi connectivity index (χ0n) is 7.90. The van der Waals surface area contributed by atoms with E-state index in [1.165, 1.54) is 11.3 Å². The van der Waals surface area contributed by atoms with E-state index >= 15 is 0 Å². The average Bonchev–Trinajstić information content (AvgIpc) is 2.58. The Hall–Kier alpha value is -1.33. The summed E-state index contributed by atoms with van der Waals surface area (Å²) in [6.45, 7) is 1.85. The number of rotatable bonds is 2. The number of nitrogens with two attached hydrogens (primary N) is 1. The Kier molecular flexibility index (Phi) is 2.75. The summed E-state index contributed by atoms with van der Waals surface area (Å²) < 4.78 is 5.45. The molecule has 1 aromatic heterocycles. The van der Waals surface area contributed by atoms with Gasteiger partial charge >= 0.3 is 0 Å². The Morgan fingerprint density at radius 2 is 2.20 bits per heavy atom. The molecule has 0 bridgehead atoms. The number of hydrogen-bond donors (Lipinski definition) is 1. The topological polar surface area (TPSA) is 61.0 Å². The third-order valence-electron chi connectivity index (χ3n) is 1.68. The summed E-state index contributed by atoms with van der Waals surface area (Å²) in [5, 5.41) is 9.53. The first-order valence-electron chi connectivity index (χ1n) is 4.18. The molecular formula is C9H8ClN3OS. The summed E-state index contributed by atoms with van der Waals surface area (Å²) in [6.07, 6.45) is 0. The molecule has 0 radical (unpaired) electrons. The van der Waals surface area contributed by atoms with Crippen LogP contribution in [0.3, 0.4) is 0 Å². The Morgan fingerprint density at radius 3 is 2.87 bits per heavy atom. The second kappa shape index (κ2) is 4.04. The van der Waals surface area contributed by atoms with Crippen LogP contribution >= 0.6 is 22.9 Å². The molecule has 0 saturated heterocycles. The van der Waals surface area contributed by atoms with E-state index in [1.54, 1.807) is 18.2 Å². The molecule has 2 N–H and O–H groups in total. The molecule has 0 spiro atoms. The Bertz CT molecular complexity index is 486. The molecule has 0 aliphatic rings. The van der Waals surface area contributed by atoms with Crippen LogP contribution in [0.15, 0.2) is 18.2 Å². The lowest BCUT2D eigenvalue weighted by atomic mass is 10.3. The van der Waals surface area contributed by atoms with Crippen molar-refractivity contribution in [2.45, 2.75) is 6.92 Å². The summed E-state index contributed by atoms with van der Waals surface area (Å²) in [4.78, 5) is 0. The van der Waals surface area contributed by atoms with Crippen molar-refractivity contribution >= 4 is 28.6 Å². The van der Waals surface area contributed by atoms with Gasteiger partial charge in [-0.05, 0) is 19.1 Å². The highest BCUT2D eigenvalue weighted by Crippen LogP contribution is 2.31. The largest absolute Gasteiger partial charge is 0.428 e. The van der Waals surface area contributed by atoms with E-state index in [0.717, 1.165) is 5.01 Å². The maximum absolute atomic E-state index is 5.82. The molecule has 6 heteroatoms. The van der Waals surface area contributed by atoms with Gasteiger partial charge in [0.2, 0.25) is 0 Å². The minimum absolute atomic E-state index is 0.460. The molecule has 0 aliphatic heterocycles. The maximum atomic E-state index is 5.82. The molecule has 15 heavy (non-hydrogen) atoms. The van der Waals surface area contributed by atoms with Crippen LogP contribution in [0, 0.1) is 6.92 Å². The van der Waals surface area contributed by atoms with Gasteiger partial charge in [0.15, 0.2) is 5.75 Å². The number of aromatic nitrogens is 2. The van der Waals surface area contributed by atoms with Crippen LogP contribution < -0.4 is 10.5 Å². The number of ether oxygens (including phenoxy) is 1. The minimum Gasteiger partial charge on any atom is -0.428 e. The molecule has 0 aliphatic carbocycles. The fourth-order valence-corrected chi connectivity index (χ4v) is 1.72. The summed E-state index contributed by atoms with van der Waals surface area (Å²) in [7, 11) is 0. The third kappa shape index (κ3) is 2.37. The lowest BCUT2D eigenvalue weighted by molar-refractivity contribution is 0.475. The lowest BCUT2D eigenvalue weighted by Crippen LogP contribution is -1.91. The Balaban J connectivity index is 2.27. The smallest absolute Gasteiger partial charge is 0.299 e. The highest BCUT2D eigenvalue weighted by molar-refractivity contribution is 7.13. The third-order valence-corrected chi connectivity index (χ3v) is 2.63. The summed E-state index contributed by atoms with van der Waals surface area (Å²) in [5.41, 5.74) is 6.24. The molecule has 2 aromatic rings. The van der Waals surface area contributed by atoms with E-state index in [1.807, 2.05) is 6.92 Å². The number of nitrogens with zero attached hydrogens (tertiary/aromatic N) is 2. The second-order valence-electron chi connectivity index (χ2n) is 2.87. The summed E-state index contributed by atoms with van der Waals surface area (Å²) >= 11 is 7.17. The molecule has 0 amide bonds. The van der Waals surface area contributed by atoms with Crippen LogP contribution in [-0.2, 0) is 0 Å². The van der Waals surface area contributed by atoms with Crippen molar-refractivity contribution in [3.05, 3.63) is 28.2 Å². The number of hydrogen-bond acceptors (Lipinski definition) is 5. The highest BCUT2D eigenvalue weighted by Gasteiger charge is 2.06. The first-order valence-corrected chi connectivity index (χ1v) is 5.37. The van der Waals surface area contributed by atoms with Crippen molar-refractivity contribution in [2.24, 2.45) is 0 Å². The Labute approximate surface area is 95.7 Å². The predicted molar refractivity (Wildman–Crippen MR) is 60.6 cm³/mol. The van der Waals surface area contributed by atoms with E-state index in [9.17, 15) is 0 Å². The molecule has 2 rings (SSSR count). The predicted octanol–water partition coefficient (Wildman–Crippen LogP) is 2.87. The number of anilines is 1. The van der Waals surface area contributed by atoms with Crippen LogP contribution in [0.5, 0.6) is 10.9 Å². The molecule has 0 atom stereocenters. The summed E-state index contributed by atoms with van der Waals surface area (Å²) in [5.74, 6) is 0.499. The lowest BCUT2D eigenvalue weighted by Gasteiger charge is -2.04. The Morgan fingerprint density at radius 1 is 1.40 bits per heavy atom. The number of nitrogen functional groups attached to an aromatic ring is 1. The van der Waals surface area contributed by atoms with Gasteiger partial charge in [0.05, 0.1) is 5.69 Å². The van der Waals surface area contributed by atoms with Crippen molar-refractivity contribution in [1.29, 1.82) is 0 Å². The maximum Gasteiger partial charge on any atom is 0.299 e. The fraction of sp³-hybridized carbons (Fsp3) is 0.111. The van der Waals surface area contributed by atoms with Crippen molar-refractivity contribution in [3.8, 4) is 10.9 Å². The highest BCUT2D eigenvalue weighted by atomic mass is 35.5. The van der Waals surface area contributed by atoms with E-state index in [-0.39, 0.29) is 0 Å². The van der Waals surface area contributed by atoms with Gasteiger partial charge in [-0.2, -0.15) is 0 Å². The molecule has 1 aromatic carbocycles. The van der Waals surface area contributed by atoms with Gasteiger partial charge in [0.1, 0.15) is 5.01 Å². The van der Waals surface area contributed by atoms with Gasteiger partial charge < -0.3 is 10.5 Å². The SMILES string of the molecule is Cc1nnc(Oc2cc(Cl)ccc2N)s1. The van der Waals surface area contributed by atoms with Crippen LogP contribution in [0.25, 0.3) is 0 Å². The van der Waals surface area contributed by atoms with Crippen LogP contribution in [0.1, 0.15) is 5.01 Å². The minimum atomic E-state index is 0.460. The van der Waals surface area contributed by atoms with E-state index in [4.69, 9.17) is 22.1 Å². The van der Waals surface area contributed by atoms with E-state index in [0.29, 0.717) is 21.7 Å². The van der Waals surface area contributed by atoms with Crippen molar-refractivity contribution < 1.29 is 4.74 Å². The van der Waals surface area contributed by atoms with Crippen molar-refractivity contribution in [2.75, 3.05) is 5.73 Å². The van der Waals surface area contributed by atoms with Crippen LogP contribution in [-0.4, -0.2) is 10.2 Å². The van der Waals surface area contributed by atoms with Crippen molar-refractivity contribution in [3.63, 3.8) is 0 Å². The second-order valence-corrected chi connectivity index (χ2v) is 4.45. The quantitative estimate of drug-likeness (QED) is 0.822. The van der Waals surface area contributed by atoms with Gasteiger partial charge in [-0.3, -0.25) is 0 Å². The first-order chi connectivity index (χ1) is 7.15. The number of benzene rings is 1. The molecule has 0 fully saturated rings. The van der Waals surface area contributed by atoms with Crippen LogP contribution in [0.4, 0.5) is 5.69 Å². The fourth-order valence-electron chi connectivity index (χ4n) is 1.01. The van der Waals surface area contributed by atoms with Crippen LogP contribution in [0.2, 0.25) is 5.02 Å². The van der Waals surface area contributed by atoms with E-state index < -0.39 is 0 Å². The van der Waals surface area contributed by atoms with Gasteiger partial charge in [0, 0.05) is 11.1 Å². The average molecular weight is 242 g/mol. The zero-order valence-corrected chi connectivity index (χ0v) is 9.47. The molecule has 0 unspecified atom stereocenters. The standard InChI is InChI=1S/C9H8ClN3OS/c1-5-12-13-9(15-5)14-8-4-6(10)2-3-7(8)11/h2-4H,11H2,1H3. The summed E-state index contributed by atoms with van der Waals surface area (Å²) in [6, 6.07) is 5.04. The molecule has 4 nitrogen and oxygen atoms in total. The molecule has 78 valence electrons. The molecular weight excluding hydrogens is 234 g/mol. The number of aryl methyl sites for hydroxylation is 1. The van der Waals surface area contributed by atoms with Gasteiger partial charge in [-0.25, -0.2) is 0 Å². The van der Waals surface area contributed by atoms with Gasteiger partial charge in [0.25, 0.3) is 5.19 Å². The zero-order chi connectivity index (χ0) is 10.8. The first kappa shape index (κ1) is 10.2.